The van der Waals surface area contributed by atoms with Gasteiger partial charge in [-0.05, 0) is 48.4 Å². The van der Waals surface area contributed by atoms with Gasteiger partial charge >= 0.3 is 11.9 Å². The monoisotopic (exact) mass is 443 g/mol. The molecule has 0 spiro atoms. The van der Waals surface area contributed by atoms with Crippen LogP contribution in [0.3, 0.4) is 0 Å². The lowest BCUT2D eigenvalue weighted by molar-refractivity contribution is -0.136. The molecule has 1 aliphatic rings. The van der Waals surface area contributed by atoms with Crippen LogP contribution in [0, 0.1) is 0 Å². The third-order valence-corrected chi connectivity index (χ3v) is 4.92. The van der Waals surface area contributed by atoms with Gasteiger partial charge in [0.1, 0.15) is 12.3 Å². The van der Waals surface area contributed by atoms with Crippen LogP contribution in [0.4, 0.5) is 0 Å². The number of benzene rings is 3. The highest BCUT2D eigenvalue weighted by atomic mass is 16.7. The van der Waals surface area contributed by atoms with E-state index in [4.69, 9.17) is 19.4 Å². The molecular formula is C26H21NO6. The molecule has 1 aliphatic heterocycles. The van der Waals surface area contributed by atoms with Gasteiger partial charge in [0, 0.05) is 5.56 Å². The first-order valence-corrected chi connectivity index (χ1v) is 10.3. The predicted octanol–water partition coefficient (Wildman–Crippen LogP) is 4.71. The van der Waals surface area contributed by atoms with Crippen molar-refractivity contribution >= 4 is 23.7 Å². The normalized spacial score (nSPS) is 14.0. The van der Waals surface area contributed by atoms with Crippen molar-refractivity contribution in [1.29, 1.82) is 0 Å². The largest absolute Gasteiger partial charge is 0.490 e. The zero-order valence-corrected chi connectivity index (χ0v) is 17.9. The van der Waals surface area contributed by atoms with Crippen molar-refractivity contribution in [3.05, 3.63) is 101 Å². The summed E-state index contributed by atoms with van der Waals surface area (Å²) in [4.78, 5) is 28.2. The van der Waals surface area contributed by atoms with Gasteiger partial charge in [0.15, 0.2) is 11.5 Å². The van der Waals surface area contributed by atoms with Crippen molar-refractivity contribution < 1.29 is 29.0 Å². The molecule has 0 unspecified atom stereocenters. The number of carboxylic acid groups (broad SMARTS) is 1. The van der Waals surface area contributed by atoms with E-state index in [2.05, 4.69) is 5.16 Å². The minimum Gasteiger partial charge on any atom is -0.490 e. The Kier molecular flexibility index (Phi) is 6.50. The Balaban J connectivity index is 1.56. The minimum absolute atomic E-state index is 0.218. The van der Waals surface area contributed by atoms with Gasteiger partial charge in [-0.1, -0.05) is 53.7 Å². The lowest BCUT2D eigenvalue weighted by Crippen LogP contribution is -2.06. The van der Waals surface area contributed by atoms with Crippen molar-refractivity contribution in [2.45, 2.75) is 13.5 Å². The van der Waals surface area contributed by atoms with E-state index < -0.39 is 11.9 Å². The molecule has 0 bridgehead atoms. The summed E-state index contributed by atoms with van der Waals surface area (Å²) in [6.45, 7) is 2.55. The van der Waals surface area contributed by atoms with Gasteiger partial charge < -0.3 is 19.4 Å². The van der Waals surface area contributed by atoms with Gasteiger partial charge in [-0.15, -0.1) is 0 Å². The molecule has 4 rings (SSSR count). The molecule has 33 heavy (non-hydrogen) atoms. The Labute approximate surface area is 190 Å². The zero-order valence-electron chi connectivity index (χ0n) is 17.9. The zero-order chi connectivity index (χ0) is 23.2. The molecule has 0 aromatic heterocycles. The number of aromatic carboxylic acids is 1. The van der Waals surface area contributed by atoms with Gasteiger partial charge in [-0.2, -0.15) is 0 Å². The summed E-state index contributed by atoms with van der Waals surface area (Å²) in [5.41, 5.74) is 3.39. The predicted molar refractivity (Wildman–Crippen MR) is 122 cm³/mol. The smallest absolute Gasteiger partial charge is 0.368 e. The first-order valence-electron chi connectivity index (χ1n) is 10.3. The van der Waals surface area contributed by atoms with Crippen molar-refractivity contribution in [3.8, 4) is 11.5 Å². The lowest BCUT2D eigenvalue weighted by atomic mass is 10.0. The van der Waals surface area contributed by atoms with Gasteiger partial charge in [0.05, 0.1) is 17.7 Å². The molecule has 0 amide bonds. The second-order valence-electron chi connectivity index (χ2n) is 7.17. The summed E-state index contributed by atoms with van der Waals surface area (Å²) >= 11 is 0. The third kappa shape index (κ3) is 5.10. The van der Waals surface area contributed by atoms with Crippen LogP contribution in [0.5, 0.6) is 11.5 Å². The van der Waals surface area contributed by atoms with E-state index in [1.165, 1.54) is 12.1 Å². The summed E-state index contributed by atoms with van der Waals surface area (Å²) in [5.74, 6) is -0.430. The Morgan fingerprint density at radius 2 is 1.76 bits per heavy atom. The highest BCUT2D eigenvalue weighted by Crippen LogP contribution is 2.31. The van der Waals surface area contributed by atoms with Crippen LogP contribution in [0.25, 0.3) is 6.08 Å². The van der Waals surface area contributed by atoms with E-state index in [-0.39, 0.29) is 12.2 Å². The van der Waals surface area contributed by atoms with E-state index in [0.717, 1.165) is 16.7 Å². The standard InChI is InChI=1S/C26H21NO6/c1-2-31-23-15-18(14-21-24(27-33-26(21)30)19-6-4-3-5-7-19)10-13-22(23)32-16-17-8-11-20(12-9-17)25(28)29/h3-15H,2,16H2,1H3,(H,28,29)/b21-14-. The molecule has 0 aliphatic carbocycles. The number of carbonyl (C=O) groups excluding carboxylic acids is 1. The fourth-order valence-electron chi connectivity index (χ4n) is 3.29. The van der Waals surface area contributed by atoms with Crippen molar-refractivity contribution in [3.63, 3.8) is 0 Å². The summed E-state index contributed by atoms with van der Waals surface area (Å²) < 4.78 is 11.6. The Morgan fingerprint density at radius 1 is 1.00 bits per heavy atom. The van der Waals surface area contributed by atoms with Crippen LogP contribution in [0.2, 0.25) is 0 Å². The fraction of sp³-hybridized carbons (Fsp3) is 0.115. The quantitative estimate of drug-likeness (QED) is 0.400. The van der Waals surface area contributed by atoms with Crippen LogP contribution in [-0.2, 0) is 16.2 Å². The molecule has 3 aromatic rings. The molecule has 0 atom stereocenters. The highest BCUT2D eigenvalue weighted by molar-refractivity contribution is 6.31. The maximum Gasteiger partial charge on any atom is 0.368 e. The van der Waals surface area contributed by atoms with Crippen molar-refractivity contribution in [2.24, 2.45) is 5.16 Å². The van der Waals surface area contributed by atoms with Crippen LogP contribution in [-0.4, -0.2) is 29.4 Å². The number of hydrogen-bond acceptors (Lipinski definition) is 6. The van der Waals surface area contributed by atoms with Gasteiger partial charge in [-0.3, -0.25) is 0 Å². The summed E-state index contributed by atoms with van der Waals surface area (Å²) in [6.07, 6.45) is 1.71. The average molecular weight is 443 g/mol. The second-order valence-corrected chi connectivity index (χ2v) is 7.17. The molecule has 3 aromatic carbocycles. The number of ether oxygens (including phenoxy) is 2. The number of nitrogens with zero attached hydrogens (tertiary/aromatic N) is 1. The summed E-state index contributed by atoms with van der Waals surface area (Å²) in [5, 5.41) is 12.9. The Hall–Kier alpha value is -4.39. The SMILES string of the molecule is CCOc1cc(/C=C2\C(=O)ON=C2c2ccccc2)ccc1OCc1ccc(C(=O)O)cc1. The molecule has 166 valence electrons. The first-order chi connectivity index (χ1) is 16.0. The first kappa shape index (κ1) is 21.8. The maximum atomic E-state index is 12.3. The molecule has 0 radical (unpaired) electrons. The van der Waals surface area contributed by atoms with E-state index >= 15 is 0 Å². The second kappa shape index (κ2) is 9.82. The van der Waals surface area contributed by atoms with E-state index in [1.807, 2.05) is 43.3 Å². The van der Waals surface area contributed by atoms with Crippen molar-refractivity contribution in [2.75, 3.05) is 6.61 Å². The topological polar surface area (TPSA) is 94.4 Å². The van der Waals surface area contributed by atoms with Gasteiger partial charge in [0.25, 0.3) is 0 Å². The molecule has 7 nitrogen and oxygen atoms in total. The van der Waals surface area contributed by atoms with Crippen LogP contribution < -0.4 is 9.47 Å². The molecule has 0 fully saturated rings. The van der Waals surface area contributed by atoms with E-state index in [0.29, 0.717) is 29.4 Å². The molecule has 0 saturated heterocycles. The summed E-state index contributed by atoms with van der Waals surface area (Å²) in [7, 11) is 0. The third-order valence-electron chi connectivity index (χ3n) is 4.92. The van der Waals surface area contributed by atoms with Crippen LogP contribution >= 0.6 is 0 Å². The van der Waals surface area contributed by atoms with Crippen LogP contribution in [0.1, 0.15) is 34.0 Å². The number of rotatable bonds is 8. The van der Waals surface area contributed by atoms with E-state index in [1.54, 1.807) is 30.3 Å². The van der Waals surface area contributed by atoms with E-state index in [9.17, 15) is 9.59 Å². The number of carbonyl (C=O) groups is 2. The number of hydrogen-bond donors (Lipinski definition) is 1. The highest BCUT2D eigenvalue weighted by Gasteiger charge is 2.26. The molecule has 7 heteroatoms. The molecule has 1 N–H and O–H groups in total. The van der Waals surface area contributed by atoms with Gasteiger partial charge in [-0.25, -0.2) is 9.59 Å². The van der Waals surface area contributed by atoms with Gasteiger partial charge in [0.2, 0.25) is 0 Å². The fourth-order valence-corrected chi connectivity index (χ4v) is 3.29. The average Bonchev–Trinajstić information content (AvgIpc) is 3.19. The Bertz CT molecular complexity index is 1230. The lowest BCUT2D eigenvalue weighted by Gasteiger charge is -2.13. The Morgan fingerprint density at radius 3 is 2.45 bits per heavy atom. The molecule has 1 heterocycles. The molecule has 0 saturated carbocycles. The van der Waals surface area contributed by atoms with Crippen LogP contribution in [0.15, 0.2) is 83.5 Å². The maximum absolute atomic E-state index is 12.3. The number of carboxylic acids is 1. The molecular weight excluding hydrogens is 422 g/mol. The number of oxime groups is 1. The summed E-state index contributed by atoms with van der Waals surface area (Å²) in [6, 6.07) is 21.2. The minimum atomic E-state index is -0.975. The van der Waals surface area contributed by atoms with Crippen molar-refractivity contribution in [1.82, 2.24) is 0 Å².